The van der Waals surface area contributed by atoms with Crippen LogP contribution in [0.1, 0.15) is 39.4 Å². The molecule has 0 spiro atoms. The molecule has 2 aromatic rings. The predicted octanol–water partition coefficient (Wildman–Crippen LogP) is 3.39. The number of fused-ring (bicyclic) bond motifs is 1. The SMILES string of the molecule is CCCn1c(CCCNC(C)C)nc2cc(OC)ccc21. The van der Waals surface area contributed by atoms with E-state index in [4.69, 9.17) is 9.72 Å². The molecule has 0 fully saturated rings. The summed E-state index contributed by atoms with van der Waals surface area (Å²) in [6.07, 6.45) is 3.24. The van der Waals surface area contributed by atoms with E-state index in [-0.39, 0.29) is 0 Å². The Hall–Kier alpha value is -1.55. The number of nitrogens with zero attached hydrogens (tertiary/aromatic N) is 2. The molecule has 116 valence electrons. The average Bonchev–Trinajstić information content (AvgIpc) is 2.81. The first-order chi connectivity index (χ1) is 10.2. The summed E-state index contributed by atoms with van der Waals surface area (Å²) in [4.78, 5) is 4.81. The van der Waals surface area contributed by atoms with Crippen molar-refractivity contribution in [2.75, 3.05) is 13.7 Å². The summed E-state index contributed by atoms with van der Waals surface area (Å²) in [7, 11) is 1.70. The standard InChI is InChI=1S/C17H27N3O/c1-5-11-20-16-9-8-14(21-4)12-15(16)19-17(20)7-6-10-18-13(2)3/h8-9,12-13,18H,5-7,10-11H2,1-4H3. The van der Waals surface area contributed by atoms with Crippen molar-refractivity contribution in [1.82, 2.24) is 14.9 Å². The minimum atomic E-state index is 0.545. The Labute approximate surface area is 127 Å². The van der Waals surface area contributed by atoms with E-state index < -0.39 is 0 Å². The number of aromatic nitrogens is 2. The highest BCUT2D eigenvalue weighted by Crippen LogP contribution is 2.22. The molecule has 0 aliphatic heterocycles. The van der Waals surface area contributed by atoms with Gasteiger partial charge in [-0.25, -0.2) is 4.98 Å². The molecular weight excluding hydrogens is 262 g/mol. The van der Waals surface area contributed by atoms with Crippen LogP contribution >= 0.6 is 0 Å². The van der Waals surface area contributed by atoms with Crippen molar-refractivity contribution in [2.45, 2.75) is 52.6 Å². The lowest BCUT2D eigenvalue weighted by molar-refractivity contribution is 0.415. The fourth-order valence-corrected chi connectivity index (χ4v) is 2.59. The van der Waals surface area contributed by atoms with Crippen LogP contribution in [0.5, 0.6) is 5.75 Å². The molecule has 1 aromatic heterocycles. The smallest absolute Gasteiger partial charge is 0.121 e. The minimum absolute atomic E-state index is 0.545. The second kappa shape index (κ2) is 7.46. The molecule has 4 heteroatoms. The second-order valence-corrected chi connectivity index (χ2v) is 5.75. The normalized spacial score (nSPS) is 11.5. The molecule has 21 heavy (non-hydrogen) atoms. The molecule has 4 nitrogen and oxygen atoms in total. The topological polar surface area (TPSA) is 39.1 Å². The van der Waals surface area contributed by atoms with Crippen molar-refractivity contribution in [2.24, 2.45) is 0 Å². The molecule has 0 aliphatic carbocycles. The van der Waals surface area contributed by atoms with Crippen LogP contribution in [0.15, 0.2) is 18.2 Å². The molecule has 1 N–H and O–H groups in total. The van der Waals surface area contributed by atoms with Gasteiger partial charge in [0, 0.05) is 25.1 Å². The molecular formula is C17H27N3O. The van der Waals surface area contributed by atoms with Crippen LogP contribution in [0.4, 0.5) is 0 Å². The minimum Gasteiger partial charge on any atom is -0.497 e. The van der Waals surface area contributed by atoms with Gasteiger partial charge in [0.25, 0.3) is 0 Å². The van der Waals surface area contributed by atoms with Crippen LogP contribution in [0.2, 0.25) is 0 Å². The number of aryl methyl sites for hydroxylation is 2. The number of ether oxygens (including phenoxy) is 1. The monoisotopic (exact) mass is 289 g/mol. The predicted molar refractivity (Wildman–Crippen MR) is 88.0 cm³/mol. The first-order valence-electron chi connectivity index (χ1n) is 7.92. The molecule has 1 heterocycles. The number of rotatable bonds is 8. The van der Waals surface area contributed by atoms with Crippen LogP contribution in [-0.2, 0) is 13.0 Å². The van der Waals surface area contributed by atoms with Gasteiger partial charge in [-0.2, -0.15) is 0 Å². The van der Waals surface area contributed by atoms with Crippen LogP contribution < -0.4 is 10.1 Å². The number of hydrogen-bond donors (Lipinski definition) is 1. The summed E-state index contributed by atoms with van der Waals surface area (Å²) in [5.74, 6) is 2.06. The number of nitrogens with one attached hydrogen (secondary N) is 1. The molecule has 0 aliphatic rings. The molecule has 0 unspecified atom stereocenters. The first kappa shape index (κ1) is 15.8. The summed E-state index contributed by atoms with van der Waals surface area (Å²) in [5, 5.41) is 3.46. The summed E-state index contributed by atoms with van der Waals surface area (Å²) >= 11 is 0. The van der Waals surface area contributed by atoms with Gasteiger partial charge >= 0.3 is 0 Å². The van der Waals surface area contributed by atoms with Gasteiger partial charge in [0.05, 0.1) is 18.1 Å². The van der Waals surface area contributed by atoms with Crippen LogP contribution in [0, 0.1) is 0 Å². The van der Waals surface area contributed by atoms with E-state index in [0.717, 1.165) is 43.6 Å². The Bertz CT molecular complexity index is 575. The molecule has 0 saturated carbocycles. The average molecular weight is 289 g/mol. The molecule has 0 amide bonds. The van der Waals surface area contributed by atoms with Gasteiger partial charge in [-0.15, -0.1) is 0 Å². The third-order valence-corrected chi connectivity index (χ3v) is 3.61. The van der Waals surface area contributed by atoms with Crippen molar-refractivity contribution in [3.8, 4) is 5.75 Å². The largest absolute Gasteiger partial charge is 0.497 e. The Morgan fingerprint density at radius 3 is 2.81 bits per heavy atom. The van der Waals surface area contributed by atoms with Crippen molar-refractivity contribution >= 4 is 11.0 Å². The zero-order valence-corrected chi connectivity index (χ0v) is 13.6. The fourth-order valence-electron chi connectivity index (χ4n) is 2.59. The molecule has 2 rings (SSSR count). The van der Waals surface area contributed by atoms with Crippen molar-refractivity contribution in [3.63, 3.8) is 0 Å². The van der Waals surface area contributed by atoms with Crippen molar-refractivity contribution in [3.05, 3.63) is 24.0 Å². The van der Waals surface area contributed by atoms with E-state index >= 15 is 0 Å². The number of hydrogen-bond acceptors (Lipinski definition) is 3. The summed E-state index contributed by atoms with van der Waals surface area (Å²) < 4.78 is 7.65. The maximum absolute atomic E-state index is 5.30. The van der Waals surface area contributed by atoms with Gasteiger partial charge in [-0.05, 0) is 31.5 Å². The molecule has 0 bridgehead atoms. The molecule has 0 radical (unpaired) electrons. The van der Waals surface area contributed by atoms with Gasteiger partial charge in [-0.1, -0.05) is 20.8 Å². The Balaban J connectivity index is 2.18. The Morgan fingerprint density at radius 1 is 1.33 bits per heavy atom. The maximum atomic E-state index is 5.30. The first-order valence-corrected chi connectivity index (χ1v) is 7.92. The molecule has 0 saturated heterocycles. The summed E-state index contributed by atoms with van der Waals surface area (Å²) in [6, 6.07) is 6.70. The lowest BCUT2D eigenvalue weighted by atomic mass is 10.2. The third-order valence-electron chi connectivity index (χ3n) is 3.61. The number of benzene rings is 1. The maximum Gasteiger partial charge on any atom is 0.121 e. The van der Waals surface area contributed by atoms with Gasteiger partial charge in [-0.3, -0.25) is 0 Å². The van der Waals surface area contributed by atoms with Crippen molar-refractivity contribution in [1.29, 1.82) is 0 Å². The zero-order chi connectivity index (χ0) is 15.2. The summed E-state index contributed by atoms with van der Waals surface area (Å²) in [5.41, 5.74) is 2.25. The second-order valence-electron chi connectivity index (χ2n) is 5.75. The van der Waals surface area contributed by atoms with Gasteiger partial charge < -0.3 is 14.6 Å². The van der Waals surface area contributed by atoms with E-state index in [1.807, 2.05) is 12.1 Å². The highest BCUT2D eigenvalue weighted by molar-refractivity contribution is 5.77. The Kier molecular flexibility index (Phi) is 5.62. The van der Waals surface area contributed by atoms with Gasteiger partial charge in [0.1, 0.15) is 11.6 Å². The van der Waals surface area contributed by atoms with E-state index in [1.54, 1.807) is 7.11 Å². The van der Waals surface area contributed by atoms with Crippen LogP contribution in [0.3, 0.4) is 0 Å². The quantitative estimate of drug-likeness (QED) is 0.757. The number of imidazole rings is 1. The third kappa shape index (κ3) is 3.97. The highest BCUT2D eigenvalue weighted by atomic mass is 16.5. The van der Waals surface area contributed by atoms with Crippen molar-refractivity contribution < 1.29 is 4.74 Å². The van der Waals surface area contributed by atoms with Crippen LogP contribution in [0.25, 0.3) is 11.0 Å². The van der Waals surface area contributed by atoms with E-state index in [0.29, 0.717) is 6.04 Å². The van der Waals surface area contributed by atoms with Gasteiger partial charge in [0.2, 0.25) is 0 Å². The number of methoxy groups -OCH3 is 1. The van der Waals surface area contributed by atoms with Gasteiger partial charge in [0.15, 0.2) is 0 Å². The lowest BCUT2D eigenvalue weighted by Crippen LogP contribution is -2.24. The Morgan fingerprint density at radius 2 is 2.14 bits per heavy atom. The molecule has 0 atom stereocenters. The van der Waals surface area contributed by atoms with E-state index in [1.165, 1.54) is 11.3 Å². The lowest BCUT2D eigenvalue weighted by Gasteiger charge is -2.09. The zero-order valence-electron chi connectivity index (χ0n) is 13.6. The summed E-state index contributed by atoms with van der Waals surface area (Å²) in [6.45, 7) is 8.63. The van der Waals surface area contributed by atoms with Crippen LogP contribution in [-0.4, -0.2) is 29.2 Å². The van der Waals surface area contributed by atoms with E-state index in [2.05, 4.69) is 36.7 Å². The molecule has 1 aromatic carbocycles. The fraction of sp³-hybridized carbons (Fsp3) is 0.588. The highest BCUT2D eigenvalue weighted by Gasteiger charge is 2.10. The van der Waals surface area contributed by atoms with E-state index in [9.17, 15) is 0 Å².